The molecule has 0 aromatic heterocycles. The van der Waals surface area contributed by atoms with Gasteiger partial charge in [0.15, 0.2) is 0 Å². The quantitative estimate of drug-likeness (QED) is 0.620. The first-order valence-electron chi connectivity index (χ1n) is 4.11. The minimum Gasteiger partial charge on any atom is -0.336 e. The number of hydrogen-bond donors (Lipinski definition) is 1. The fourth-order valence-electron chi connectivity index (χ4n) is 1.28. The molecule has 1 N–H and O–H groups in total. The monoisotopic (exact) mass is 170 g/mol. The topological polar surface area (TPSA) is 12.0 Å². The Kier molecular flexibility index (Phi) is 3.66. The van der Waals surface area contributed by atoms with Gasteiger partial charge in [0, 0.05) is 9.52 Å². The average molecular weight is 170 g/mol. The lowest BCUT2D eigenvalue weighted by molar-refractivity contribution is 0.735. The summed E-state index contributed by atoms with van der Waals surface area (Å²) in [5, 5.41) is 0. The van der Waals surface area contributed by atoms with Crippen LogP contribution in [0, 0.1) is 0 Å². The minimum absolute atomic E-state index is 0.0907. The Morgan fingerprint density at radius 3 is 2.40 bits per heavy atom. The molecule has 0 unspecified atom stereocenters. The summed E-state index contributed by atoms with van der Waals surface area (Å²) in [4.78, 5) is 3.69. The highest BCUT2D eigenvalue weighted by Crippen LogP contribution is 2.12. The number of rotatable bonds is 2. The zero-order valence-electron chi connectivity index (χ0n) is 6.91. The molecule has 0 bridgehead atoms. The summed E-state index contributed by atoms with van der Waals surface area (Å²) in [7, 11) is 1.18. The van der Waals surface area contributed by atoms with Crippen molar-refractivity contribution in [3.63, 3.8) is 0 Å². The van der Waals surface area contributed by atoms with E-state index in [0.29, 0.717) is 0 Å². The average Bonchev–Trinajstić information content (AvgIpc) is 1.88. The normalized spacial score (nSPS) is 21.9. The number of hydrogen-bond acceptors (Lipinski definition) is 1. The van der Waals surface area contributed by atoms with E-state index in [1.54, 1.807) is 0 Å². The molecule has 1 aliphatic heterocycles. The predicted octanol–water partition coefficient (Wildman–Crippen LogP) is 1.53. The van der Waals surface area contributed by atoms with Crippen molar-refractivity contribution in [2.75, 3.05) is 0 Å². The second-order valence-electron chi connectivity index (χ2n) is 3.15. The standard InChI is InChI=1S/C7H16NSi2/c1-7(2)8-10-5-3-9-4-6-10/h7-8H,3-6H2,1-2H3. The van der Waals surface area contributed by atoms with Gasteiger partial charge in [0.1, 0.15) is 8.96 Å². The first-order valence-corrected chi connectivity index (χ1v) is 7.44. The summed E-state index contributed by atoms with van der Waals surface area (Å²) in [5.74, 6) is 0. The van der Waals surface area contributed by atoms with Gasteiger partial charge in [-0.3, -0.25) is 0 Å². The Hall–Kier alpha value is 0.394. The lowest BCUT2D eigenvalue weighted by Crippen LogP contribution is -2.40. The van der Waals surface area contributed by atoms with E-state index in [1.807, 2.05) is 0 Å². The Labute approximate surface area is 68.1 Å². The van der Waals surface area contributed by atoms with Gasteiger partial charge in [-0.15, -0.1) is 0 Å². The zero-order valence-corrected chi connectivity index (χ0v) is 8.91. The van der Waals surface area contributed by atoms with Gasteiger partial charge < -0.3 is 4.98 Å². The van der Waals surface area contributed by atoms with E-state index >= 15 is 0 Å². The van der Waals surface area contributed by atoms with Crippen LogP contribution >= 0.6 is 0 Å². The smallest absolute Gasteiger partial charge is 0.133 e. The fraction of sp³-hybridized carbons (Fsp3) is 1.00. The first-order chi connectivity index (χ1) is 4.79. The molecule has 0 aromatic rings. The second-order valence-corrected chi connectivity index (χ2v) is 7.15. The van der Waals surface area contributed by atoms with Crippen LogP contribution in [0.2, 0.25) is 24.2 Å². The summed E-state index contributed by atoms with van der Waals surface area (Å²) < 4.78 is 0. The van der Waals surface area contributed by atoms with Crippen molar-refractivity contribution in [3.8, 4) is 0 Å². The predicted molar refractivity (Wildman–Crippen MR) is 49.0 cm³/mol. The van der Waals surface area contributed by atoms with Gasteiger partial charge in [-0.1, -0.05) is 25.9 Å². The lowest BCUT2D eigenvalue weighted by atomic mass is 10.4. The summed E-state index contributed by atoms with van der Waals surface area (Å²) in [6.45, 7) is 4.52. The van der Waals surface area contributed by atoms with E-state index in [-0.39, 0.29) is 8.96 Å². The molecule has 0 aliphatic carbocycles. The minimum atomic E-state index is -0.0907. The van der Waals surface area contributed by atoms with Crippen LogP contribution in [0.25, 0.3) is 0 Å². The molecule has 1 aliphatic rings. The maximum atomic E-state index is 3.69. The van der Waals surface area contributed by atoms with Gasteiger partial charge in [0.05, 0.1) is 0 Å². The van der Waals surface area contributed by atoms with Gasteiger partial charge in [-0.05, 0) is 18.1 Å². The molecular weight excluding hydrogens is 154 g/mol. The van der Waals surface area contributed by atoms with Crippen molar-refractivity contribution in [1.29, 1.82) is 0 Å². The van der Waals surface area contributed by atoms with Crippen molar-refractivity contribution < 1.29 is 0 Å². The van der Waals surface area contributed by atoms with Gasteiger partial charge >= 0.3 is 0 Å². The molecule has 1 rings (SSSR count). The van der Waals surface area contributed by atoms with Crippen LogP contribution < -0.4 is 4.98 Å². The Morgan fingerprint density at radius 2 is 1.90 bits per heavy atom. The summed E-state index contributed by atoms with van der Waals surface area (Å²) in [6.07, 6.45) is 0. The highest BCUT2D eigenvalue weighted by atomic mass is 28.3. The zero-order chi connectivity index (χ0) is 7.40. The molecule has 0 saturated carbocycles. The third-order valence-corrected chi connectivity index (χ3v) is 6.60. The van der Waals surface area contributed by atoms with Crippen LogP contribution in [0.1, 0.15) is 13.8 Å². The van der Waals surface area contributed by atoms with Crippen molar-refractivity contribution >= 4 is 18.5 Å². The summed E-state index contributed by atoms with van der Waals surface area (Å²) in [6, 6.07) is 6.76. The van der Waals surface area contributed by atoms with Crippen LogP contribution in [0.3, 0.4) is 0 Å². The summed E-state index contributed by atoms with van der Waals surface area (Å²) >= 11 is 0. The highest BCUT2D eigenvalue weighted by Gasteiger charge is 2.15. The van der Waals surface area contributed by atoms with E-state index in [1.165, 1.54) is 33.7 Å². The maximum Gasteiger partial charge on any atom is 0.133 e. The van der Waals surface area contributed by atoms with Crippen molar-refractivity contribution in [2.45, 2.75) is 44.1 Å². The molecule has 1 heterocycles. The molecule has 1 saturated heterocycles. The molecule has 0 aromatic carbocycles. The summed E-state index contributed by atoms with van der Waals surface area (Å²) in [5.41, 5.74) is 0. The van der Waals surface area contributed by atoms with E-state index in [0.717, 1.165) is 6.04 Å². The maximum absolute atomic E-state index is 3.69. The van der Waals surface area contributed by atoms with Crippen molar-refractivity contribution in [1.82, 2.24) is 4.98 Å². The molecular formula is C7H16NSi2. The van der Waals surface area contributed by atoms with Gasteiger partial charge in [0.2, 0.25) is 0 Å². The molecule has 0 atom stereocenters. The highest BCUT2D eigenvalue weighted by molar-refractivity contribution is 6.61. The lowest BCUT2D eigenvalue weighted by Gasteiger charge is -2.22. The van der Waals surface area contributed by atoms with Crippen LogP contribution in [-0.4, -0.2) is 24.5 Å². The molecule has 57 valence electrons. The SMILES string of the molecule is CC(C)N[Si]1CC[Si]CC1. The Morgan fingerprint density at radius 1 is 1.30 bits per heavy atom. The van der Waals surface area contributed by atoms with Gasteiger partial charge in [-0.25, -0.2) is 0 Å². The van der Waals surface area contributed by atoms with Crippen molar-refractivity contribution in [2.24, 2.45) is 0 Å². The Bertz CT molecular complexity index is 89.6. The molecule has 10 heavy (non-hydrogen) atoms. The van der Waals surface area contributed by atoms with Gasteiger partial charge in [-0.2, -0.15) is 0 Å². The molecule has 3 radical (unpaired) electrons. The van der Waals surface area contributed by atoms with Gasteiger partial charge in [0.25, 0.3) is 0 Å². The van der Waals surface area contributed by atoms with Crippen LogP contribution in [0.5, 0.6) is 0 Å². The third-order valence-electron chi connectivity index (χ3n) is 1.70. The van der Waals surface area contributed by atoms with E-state index < -0.39 is 0 Å². The molecule has 0 spiro atoms. The van der Waals surface area contributed by atoms with E-state index in [9.17, 15) is 0 Å². The third kappa shape index (κ3) is 2.99. The number of nitrogens with one attached hydrogen (secondary N) is 1. The first kappa shape index (κ1) is 8.49. The fourth-order valence-corrected chi connectivity index (χ4v) is 6.71. The van der Waals surface area contributed by atoms with Crippen molar-refractivity contribution in [3.05, 3.63) is 0 Å². The molecule has 1 fully saturated rings. The largest absolute Gasteiger partial charge is 0.336 e. The van der Waals surface area contributed by atoms with Crippen LogP contribution in [0.15, 0.2) is 0 Å². The van der Waals surface area contributed by atoms with E-state index in [2.05, 4.69) is 18.8 Å². The van der Waals surface area contributed by atoms with E-state index in [4.69, 9.17) is 0 Å². The second kappa shape index (κ2) is 4.31. The Balaban J connectivity index is 2.13. The van der Waals surface area contributed by atoms with Crippen LogP contribution in [-0.2, 0) is 0 Å². The molecule has 1 nitrogen and oxygen atoms in total. The van der Waals surface area contributed by atoms with Crippen LogP contribution in [0.4, 0.5) is 0 Å². The molecule has 3 heteroatoms. The molecule has 0 amide bonds.